The van der Waals surface area contributed by atoms with Crippen LogP contribution >= 0.6 is 0 Å². The van der Waals surface area contributed by atoms with Gasteiger partial charge in [0.2, 0.25) is 5.91 Å². The van der Waals surface area contributed by atoms with Crippen LogP contribution in [0.15, 0.2) is 0 Å². The minimum atomic E-state index is -0.201. The Bertz CT molecular complexity index is 132. The third-order valence-electron chi connectivity index (χ3n) is 1.88. The van der Waals surface area contributed by atoms with Crippen molar-refractivity contribution in [3.05, 3.63) is 0 Å². The minimum absolute atomic E-state index is 0.201. The first-order valence-corrected chi connectivity index (χ1v) is 3.68. The predicted molar refractivity (Wildman–Crippen MR) is 39.5 cm³/mol. The zero-order valence-electron chi connectivity index (χ0n) is 6.34. The fraction of sp³-hybridized carbons (Fsp3) is 0.857. The number of primary amides is 1. The standard InChI is InChI=1S/C7H14N2O/c1-9(6-2-3-6)5-4-7(8)10/h6H,2-5H2,1H3,(H2,8,10). The first-order chi connectivity index (χ1) is 4.70. The Morgan fingerprint density at radius 1 is 1.70 bits per heavy atom. The van der Waals surface area contributed by atoms with Crippen molar-refractivity contribution in [3.8, 4) is 0 Å². The second kappa shape index (κ2) is 3.01. The topological polar surface area (TPSA) is 46.3 Å². The summed E-state index contributed by atoms with van der Waals surface area (Å²) in [6, 6.07) is 0.736. The summed E-state index contributed by atoms with van der Waals surface area (Å²) in [5.74, 6) is -0.201. The lowest BCUT2D eigenvalue weighted by molar-refractivity contribution is -0.118. The number of hydrogen-bond acceptors (Lipinski definition) is 2. The Labute approximate surface area is 61.2 Å². The summed E-state index contributed by atoms with van der Waals surface area (Å²) in [7, 11) is 2.04. The minimum Gasteiger partial charge on any atom is -0.370 e. The third kappa shape index (κ3) is 2.35. The molecule has 0 radical (unpaired) electrons. The van der Waals surface area contributed by atoms with Gasteiger partial charge >= 0.3 is 0 Å². The highest BCUT2D eigenvalue weighted by Gasteiger charge is 2.25. The van der Waals surface area contributed by atoms with E-state index in [1.54, 1.807) is 0 Å². The molecule has 10 heavy (non-hydrogen) atoms. The average molecular weight is 142 g/mol. The smallest absolute Gasteiger partial charge is 0.218 e. The van der Waals surface area contributed by atoms with Crippen LogP contribution in [0, 0.1) is 0 Å². The van der Waals surface area contributed by atoms with Crippen LogP contribution < -0.4 is 5.73 Å². The summed E-state index contributed by atoms with van der Waals surface area (Å²) in [5.41, 5.74) is 5.00. The Morgan fingerprint density at radius 3 is 2.70 bits per heavy atom. The fourth-order valence-electron chi connectivity index (χ4n) is 0.984. The van der Waals surface area contributed by atoms with Gasteiger partial charge in [-0.1, -0.05) is 0 Å². The maximum Gasteiger partial charge on any atom is 0.218 e. The molecule has 1 aliphatic rings. The average Bonchev–Trinajstić information content (AvgIpc) is 2.63. The Balaban J connectivity index is 2.05. The molecule has 0 unspecified atom stereocenters. The van der Waals surface area contributed by atoms with Crippen molar-refractivity contribution in [1.29, 1.82) is 0 Å². The van der Waals surface area contributed by atoms with Crippen LogP contribution in [0.5, 0.6) is 0 Å². The second-order valence-electron chi connectivity index (χ2n) is 2.93. The lowest BCUT2D eigenvalue weighted by atomic mass is 10.4. The van der Waals surface area contributed by atoms with Crippen molar-refractivity contribution in [2.24, 2.45) is 5.73 Å². The molecule has 2 N–H and O–H groups in total. The molecule has 1 saturated carbocycles. The summed E-state index contributed by atoms with van der Waals surface area (Å²) in [6.07, 6.45) is 3.07. The van der Waals surface area contributed by atoms with Gasteiger partial charge in [-0.3, -0.25) is 4.79 Å². The van der Waals surface area contributed by atoms with Crippen molar-refractivity contribution in [1.82, 2.24) is 4.90 Å². The van der Waals surface area contributed by atoms with Gasteiger partial charge in [0.1, 0.15) is 0 Å². The van der Waals surface area contributed by atoms with Gasteiger partial charge in [0.05, 0.1) is 0 Å². The molecule has 0 aromatic rings. The summed E-state index contributed by atoms with van der Waals surface area (Å²) in [6.45, 7) is 0.819. The summed E-state index contributed by atoms with van der Waals surface area (Å²) >= 11 is 0. The second-order valence-corrected chi connectivity index (χ2v) is 2.93. The number of rotatable bonds is 4. The van der Waals surface area contributed by atoms with Gasteiger partial charge in [0, 0.05) is 19.0 Å². The van der Waals surface area contributed by atoms with Gasteiger partial charge < -0.3 is 10.6 Å². The number of nitrogens with two attached hydrogens (primary N) is 1. The highest BCUT2D eigenvalue weighted by molar-refractivity contribution is 5.73. The van der Waals surface area contributed by atoms with E-state index in [0.29, 0.717) is 6.42 Å². The fourth-order valence-corrected chi connectivity index (χ4v) is 0.984. The van der Waals surface area contributed by atoms with Gasteiger partial charge in [-0.2, -0.15) is 0 Å². The molecule has 1 rings (SSSR count). The maximum absolute atomic E-state index is 10.3. The molecular weight excluding hydrogens is 128 g/mol. The van der Waals surface area contributed by atoms with Crippen LogP contribution in [0.2, 0.25) is 0 Å². The van der Waals surface area contributed by atoms with Crippen molar-refractivity contribution < 1.29 is 4.79 Å². The van der Waals surface area contributed by atoms with E-state index in [-0.39, 0.29) is 5.91 Å². The number of nitrogens with zero attached hydrogens (tertiary/aromatic N) is 1. The van der Waals surface area contributed by atoms with E-state index in [4.69, 9.17) is 5.73 Å². The van der Waals surface area contributed by atoms with Gasteiger partial charge in [-0.05, 0) is 19.9 Å². The molecule has 0 aromatic heterocycles. The molecule has 0 spiro atoms. The van der Waals surface area contributed by atoms with E-state index in [9.17, 15) is 4.79 Å². The van der Waals surface area contributed by atoms with Gasteiger partial charge in [-0.15, -0.1) is 0 Å². The van der Waals surface area contributed by atoms with Crippen molar-refractivity contribution in [3.63, 3.8) is 0 Å². The predicted octanol–water partition coefficient (Wildman–Crippen LogP) is -0.0440. The third-order valence-corrected chi connectivity index (χ3v) is 1.88. The highest BCUT2D eigenvalue weighted by atomic mass is 16.1. The molecule has 3 nitrogen and oxygen atoms in total. The number of amides is 1. The lowest BCUT2D eigenvalue weighted by Crippen LogP contribution is -2.26. The van der Waals surface area contributed by atoms with Crippen molar-refractivity contribution in [2.75, 3.05) is 13.6 Å². The van der Waals surface area contributed by atoms with E-state index >= 15 is 0 Å². The van der Waals surface area contributed by atoms with Crippen molar-refractivity contribution in [2.45, 2.75) is 25.3 Å². The van der Waals surface area contributed by atoms with Crippen molar-refractivity contribution >= 4 is 5.91 Å². The van der Waals surface area contributed by atoms with Crippen LogP contribution in [0.1, 0.15) is 19.3 Å². The monoisotopic (exact) mass is 142 g/mol. The molecule has 0 aromatic carbocycles. The van der Waals surface area contributed by atoms with Crippen LogP contribution in [-0.2, 0) is 4.79 Å². The molecule has 0 atom stereocenters. The molecular formula is C7H14N2O. The highest BCUT2D eigenvalue weighted by Crippen LogP contribution is 2.24. The summed E-state index contributed by atoms with van der Waals surface area (Å²) in [4.78, 5) is 12.5. The van der Waals surface area contributed by atoms with E-state index in [2.05, 4.69) is 4.90 Å². The molecule has 1 aliphatic carbocycles. The number of hydrogen-bond donors (Lipinski definition) is 1. The van der Waals surface area contributed by atoms with Crippen LogP contribution in [0.25, 0.3) is 0 Å². The first kappa shape index (κ1) is 7.54. The molecule has 0 saturated heterocycles. The molecule has 3 heteroatoms. The van der Waals surface area contributed by atoms with Gasteiger partial charge in [0.15, 0.2) is 0 Å². The number of carbonyl (C=O) groups is 1. The zero-order valence-corrected chi connectivity index (χ0v) is 6.34. The van der Waals surface area contributed by atoms with E-state index in [1.165, 1.54) is 12.8 Å². The molecule has 1 amide bonds. The largest absolute Gasteiger partial charge is 0.370 e. The van der Waals surface area contributed by atoms with Crippen LogP contribution in [0.3, 0.4) is 0 Å². The molecule has 1 fully saturated rings. The van der Waals surface area contributed by atoms with E-state index in [0.717, 1.165) is 12.6 Å². The van der Waals surface area contributed by atoms with Gasteiger partial charge in [-0.25, -0.2) is 0 Å². The molecule has 0 bridgehead atoms. The molecule has 58 valence electrons. The molecule has 0 heterocycles. The normalized spacial score (nSPS) is 17.8. The summed E-state index contributed by atoms with van der Waals surface area (Å²) in [5, 5.41) is 0. The van der Waals surface area contributed by atoms with E-state index < -0.39 is 0 Å². The van der Waals surface area contributed by atoms with Crippen LogP contribution in [0.4, 0.5) is 0 Å². The Hall–Kier alpha value is -0.570. The number of carbonyl (C=O) groups excluding carboxylic acids is 1. The lowest BCUT2D eigenvalue weighted by Gasteiger charge is -2.13. The van der Waals surface area contributed by atoms with E-state index in [1.807, 2.05) is 7.05 Å². The maximum atomic E-state index is 10.3. The Morgan fingerprint density at radius 2 is 2.30 bits per heavy atom. The molecule has 0 aliphatic heterocycles. The first-order valence-electron chi connectivity index (χ1n) is 3.68. The van der Waals surface area contributed by atoms with Gasteiger partial charge in [0.25, 0.3) is 0 Å². The zero-order chi connectivity index (χ0) is 7.56. The van der Waals surface area contributed by atoms with Crippen LogP contribution in [-0.4, -0.2) is 30.4 Å². The summed E-state index contributed by atoms with van der Waals surface area (Å²) < 4.78 is 0. The quantitative estimate of drug-likeness (QED) is 0.598. The Kier molecular flexibility index (Phi) is 2.27. The SMILES string of the molecule is CN(CCC(N)=O)C1CC1.